The molecule has 2 aromatic rings. The van der Waals surface area contributed by atoms with Crippen molar-refractivity contribution in [2.45, 2.75) is 62.1 Å². The molecule has 3 rings (SSSR count). The number of amides is 1. The standard InChI is InChI=1S/C17H22N4OS2/c1-17(2,3)15-20-21-16(24-15)19-13(22)12-9-6-10-18-14(12)23-11-7-4-5-8-11/h6,9-11H,4-5,7-8H2,1-3H3,(H,19,21,22). The van der Waals surface area contributed by atoms with E-state index in [1.165, 1.54) is 37.0 Å². The fourth-order valence-corrected chi connectivity index (χ4v) is 4.65. The fraction of sp³-hybridized carbons (Fsp3) is 0.529. The second kappa shape index (κ2) is 7.19. The van der Waals surface area contributed by atoms with Gasteiger partial charge in [-0.05, 0) is 25.0 Å². The zero-order valence-corrected chi connectivity index (χ0v) is 15.8. The van der Waals surface area contributed by atoms with Gasteiger partial charge < -0.3 is 0 Å². The molecule has 5 nitrogen and oxygen atoms in total. The maximum absolute atomic E-state index is 12.6. The number of thioether (sulfide) groups is 1. The number of rotatable bonds is 4. The summed E-state index contributed by atoms with van der Waals surface area (Å²) in [4.78, 5) is 17.1. The van der Waals surface area contributed by atoms with Gasteiger partial charge in [0.25, 0.3) is 5.91 Å². The highest BCUT2D eigenvalue weighted by Gasteiger charge is 2.23. The van der Waals surface area contributed by atoms with Crippen molar-refractivity contribution < 1.29 is 4.79 Å². The number of nitrogens with one attached hydrogen (secondary N) is 1. The molecule has 0 unspecified atom stereocenters. The predicted molar refractivity (Wildman–Crippen MR) is 98.9 cm³/mol. The van der Waals surface area contributed by atoms with Crippen LogP contribution in [-0.2, 0) is 5.41 Å². The Hall–Kier alpha value is -1.47. The summed E-state index contributed by atoms with van der Waals surface area (Å²) in [6.07, 6.45) is 6.69. The van der Waals surface area contributed by atoms with Gasteiger partial charge in [-0.25, -0.2) is 4.98 Å². The summed E-state index contributed by atoms with van der Waals surface area (Å²) in [7, 11) is 0. The molecule has 0 bridgehead atoms. The van der Waals surface area contributed by atoms with Crippen molar-refractivity contribution in [2.75, 3.05) is 5.32 Å². The van der Waals surface area contributed by atoms with Gasteiger partial charge in [0.05, 0.1) is 5.56 Å². The van der Waals surface area contributed by atoms with Crippen LogP contribution in [0, 0.1) is 0 Å². The second-order valence-corrected chi connectivity index (χ2v) is 9.26. The minimum atomic E-state index is -0.166. The Bertz CT molecular complexity index is 717. The van der Waals surface area contributed by atoms with Crippen LogP contribution < -0.4 is 5.32 Å². The molecule has 1 aliphatic rings. The van der Waals surface area contributed by atoms with Gasteiger partial charge in [-0.2, -0.15) is 0 Å². The zero-order chi connectivity index (χ0) is 17.2. The van der Waals surface area contributed by atoms with Crippen molar-refractivity contribution in [1.82, 2.24) is 15.2 Å². The van der Waals surface area contributed by atoms with E-state index in [0.29, 0.717) is 15.9 Å². The number of carbonyl (C=O) groups excluding carboxylic acids is 1. The van der Waals surface area contributed by atoms with Crippen LogP contribution in [0.5, 0.6) is 0 Å². The molecule has 1 aliphatic carbocycles. The lowest BCUT2D eigenvalue weighted by Gasteiger charge is -2.12. The highest BCUT2D eigenvalue weighted by atomic mass is 32.2. The molecule has 2 aromatic heterocycles. The first-order valence-corrected chi connectivity index (χ1v) is 9.90. The van der Waals surface area contributed by atoms with Gasteiger partial charge in [0.15, 0.2) is 0 Å². The highest BCUT2D eigenvalue weighted by molar-refractivity contribution is 7.99. The maximum Gasteiger partial charge on any atom is 0.260 e. The van der Waals surface area contributed by atoms with E-state index >= 15 is 0 Å². The topological polar surface area (TPSA) is 67.8 Å². The van der Waals surface area contributed by atoms with E-state index in [9.17, 15) is 4.79 Å². The van der Waals surface area contributed by atoms with E-state index in [4.69, 9.17) is 0 Å². The van der Waals surface area contributed by atoms with E-state index in [1.54, 1.807) is 24.0 Å². The molecule has 1 saturated carbocycles. The minimum absolute atomic E-state index is 0.0710. The molecule has 2 heterocycles. The van der Waals surface area contributed by atoms with Crippen molar-refractivity contribution in [3.8, 4) is 0 Å². The Balaban J connectivity index is 1.74. The van der Waals surface area contributed by atoms with Crippen LogP contribution in [0.1, 0.15) is 61.8 Å². The Morgan fingerprint density at radius 1 is 1.29 bits per heavy atom. The largest absolute Gasteiger partial charge is 0.296 e. The smallest absolute Gasteiger partial charge is 0.260 e. The quantitative estimate of drug-likeness (QED) is 0.866. The monoisotopic (exact) mass is 362 g/mol. The lowest BCUT2D eigenvalue weighted by molar-refractivity contribution is 0.102. The first kappa shape index (κ1) is 17.4. The molecule has 0 spiro atoms. The molecule has 0 atom stereocenters. The van der Waals surface area contributed by atoms with Crippen molar-refractivity contribution in [3.63, 3.8) is 0 Å². The third-order valence-electron chi connectivity index (χ3n) is 3.88. The van der Waals surface area contributed by atoms with Crippen molar-refractivity contribution in [2.24, 2.45) is 0 Å². The number of hydrogen-bond donors (Lipinski definition) is 1. The van der Waals surface area contributed by atoms with Gasteiger partial charge in [0, 0.05) is 16.9 Å². The number of pyridine rings is 1. The summed E-state index contributed by atoms with van der Waals surface area (Å²) in [6.45, 7) is 6.24. The van der Waals surface area contributed by atoms with E-state index in [-0.39, 0.29) is 11.3 Å². The van der Waals surface area contributed by atoms with E-state index in [0.717, 1.165) is 10.0 Å². The Morgan fingerprint density at radius 2 is 2.04 bits per heavy atom. The SMILES string of the molecule is CC(C)(C)c1nnc(NC(=O)c2cccnc2SC2CCCC2)s1. The number of hydrogen-bond acceptors (Lipinski definition) is 6. The second-order valence-electron chi connectivity index (χ2n) is 7.00. The van der Waals surface area contributed by atoms with Crippen LogP contribution in [0.3, 0.4) is 0 Å². The first-order chi connectivity index (χ1) is 11.4. The summed E-state index contributed by atoms with van der Waals surface area (Å²) in [5, 5.41) is 13.9. The molecule has 1 fully saturated rings. The molecule has 24 heavy (non-hydrogen) atoms. The van der Waals surface area contributed by atoms with Gasteiger partial charge in [0.1, 0.15) is 10.0 Å². The predicted octanol–water partition coefficient (Wildman–Crippen LogP) is 4.52. The van der Waals surface area contributed by atoms with Crippen molar-refractivity contribution >= 4 is 34.1 Å². The van der Waals surface area contributed by atoms with Gasteiger partial charge in [-0.3, -0.25) is 10.1 Å². The number of nitrogens with zero attached hydrogens (tertiary/aromatic N) is 3. The molecule has 0 radical (unpaired) electrons. The highest BCUT2D eigenvalue weighted by Crippen LogP contribution is 2.35. The van der Waals surface area contributed by atoms with Crippen molar-refractivity contribution in [1.29, 1.82) is 0 Å². The Morgan fingerprint density at radius 3 is 2.71 bits per heavy atom. The van der Waals surface area contributed by atoms with E-state index in [1.807, 2.05) is 6.07 Å². The van der Waals surface area contributed by atoms with Gasteiger partial charge in [-0.15, -0.1) is 22.0 Å². The molecule has 0 aromatic carbocycles. The molecule has 0 aliphatic heterocycles. The molecule has 7 heteroatoms. The lowest BCUT2D eigenvalue weighted by atomic mass is 9.98. The first-order valence-electron chi connectivity index (χ1n) is 8.20. The Kier molecular flexibility index (Phi) is 5.20. The Labute approximate surface area is 150 Å². The average Bonchev–Trinajstić information content (AvgIpc) is 3.19. The lowest BCUT2D eigenvalue weighted by Crippen LogP contribution is -2.14. The molecule has 128 valence electrons. The maximum atomic E-state index is 12.6. The molecule has 0 saturated heterocycles. The van der Waals surface area contributed by atoms with Gasteiger partial charge in [-0.1, -0.05) is 44.9 Å². The van der Waals surface area contributed by atoms with Crippen molar-refractivity contribution in [3.05, 3.63) is 28.9 Å². The van der Waals surface area contributed by atoms with Gasteiger partial charge in [0.2, 0.25) is 5.13 Å². The number of anilines is 1. The number of carbonyl (C=O) groups is 1. The van der Waals surface area contributed by atoms with Gasteiger partial charge >= 0.3 is 0 Å². The van der Waals surface area contributed by atoms with Crippen LogP contribution in [0.25, 0.3) is 0 Å². The summed E-state index contributed by atoms with van der Waals surface area (Å²) in [6, 6.07) is 3.62. The van der Waals surface area contributed by atoms with E-state index in [2.05, 4.69) is 41.3 Å². The summed E-state index contributed by atoms with van der Waals surface area (Å²) >= 11 is 3.14. The summed E-state index contributed by atoms with van der Waals surface area (Å²) in [5.74, 6) is -0.166. The minimum Gasteiger partial charge on any atom is -0.296 e. The summed E-state index contributed by atoms with van der Waals surface area (Å²) in [5.41, 5.74) is 0.542. The van der Waals surface area contributed by atoms with Crippen LogP contribution in [0.4, 0.5) is 5.13 Å². The van der Waals surface area contributed by atoms with Crippen LogP contribution >= 0.6 is 23.1 Å². The molecule has 1 N–H and O–H groups in total. The van der Waals surface area contributed by atoms with Crippen LogP contribution in [-0.4, -0.2) is 26.3 Å². The van der Waals surface area contributed by atoms with E-state index < -0.39 is 0 Å². The summed E-state index contributed by atoms with van der Waals surface area (Å²) < 4.78 is 0. The molecular formula is C17H22N4OS2. The average molecular weight is 363 g/mol. The fourth-order valence-electron chi connectivity index (χ4n) is 2.56. The third kappa shape index (κ3) is 4.13. The van der Waals surface area contributed by atoms with Crippen LogP contribution in [0.15, 0.2) is 23.4 Å². The van der Waals surface area contributed by atoms with Crippen LogP contribution in [0.2, 0.25) is 0 Å². The molecule has 1 amide bonds. The third-order valence-corrected chi connectivity index (χ3v) is 6.50. The normalized spacial score (nSPS) is 15.6. The zero-order valence-electron chi connectivity index (χ0n) is 14.2. The molecular weight excluding hydrogens is 340 g/mol. The number of aromatic nitrogens is 3.